The van der Waals surface area contributed by atoms with Gasteiger partial charge in [0.15, 0.2) is 0 Å². The van der Waals surface area contributed by atoms with E-state index in [0.717, 1.165) is 48.6 Å². The smallest absolute Gasteiger partial charge is 0.122 e. The van der Waals surface area contributed by atoms with Crippen molar-refractivity contribution >= 4 is 11.6 Å². The van der Waals surface area contributed by atoms with Gasteiger partial charge in [0.1, 0.15) is 5.75 Å². The largest absolute Gasteiger partial charge is 0.493 e. The first-order chi connectivity index (χ1) is 9.45. The summed E-state index contributed by atoms with van der Waals surface area (Å²) >= 11 is 6.23. The molecule has 0 aliphatic rings. The summed E-state index contributed by atoms with van der Waals surface area (Å²) < 4.78 is 5.84. The van der Waals surface area contributed by atoms with Crippen LogP contribution in [0.1, 0.15) is 51.2 Å². The minimum Gasteiger partial charge on any atom is -0.493 e. The summed E-state index contributed by atoms with van der Waals surface area (Å²) in [6, 6.07) is 4.37. The van der Waals surface area contributed by atoms with E-state index in [2.05, 4.69) is 26.8 Å². The van der Waals surface area contributed by atoms with E-state index in [1.807, 2.05) is 13.0 Å². The lowest BCUT2D eigenvalue weighted by Gasteiger charge is -2.17. The summed E-state index contributed by atoms with van der Waals surface area (Å²) in [7, 11) is 0. The van der Waals surface area contributed by atoms with E-state index in [4.69, 9.17) is 22.1 Å². The topological polar surface area (TPSA) is 35.2 Å². The lowest BCUT2D eigenvalue weighted by Crippen LogP contribution is -2.26. The summed E-state index contributed by atoms with van der Waals surface area (Å²) in [6.45, 7) is 9.22. The molecule has 20 heavy (non-hydrogen) atoms. The fourth-order valence-electron chi connectivity index (χ4n) is 2.10. The molecule has 3 heteroatoms. The Morgan fingerprint density at radius 1 is 1.30 bits per heavy atom. The Hall–Kier alpha value is -0.730. The molecular formula is C17H28ClNO. The summed E-state index contributed by atoms with van der Waals surface area (Å²) in [5.41, 5.74) is 8.36. The Labute approximate surface area is 128 Å². The standard InChI is InChI=1S/C17H28ClNO/c1-5-9-20-17-10-13(4)15(18)11-14(17)7-6-8-16(19)12(2)3/h10-12,16H,5-9,19H2,1-4H3. The van der Waals surface area contributed by atoms with Gasteiger partial charge in [-0.05, 0) is 61.8 Å². The van der Waals surface area contributed by atoms with Crippen LogP contribution in [0.5, 0.6) is 5.75 Å². The number of nitrogens with two attached hydrogens (primary N) is 1. The Bertz CT molecular complexity index is 418. The fraction of sp³-hybridized carbons (Fsp3) is 0.647. The molecule has 1 aromatic carbocycles. The lowest BCUT2D eigenvalue weighted by atomic mass is 9.97. The van der Waals surface area contributed by atoms with Gasteiger partial charge < -0.3 is 10.5 Å². The second-order valence-electron chi connectivity index (χ2n) is 5.86. The highest BCUT2D eigenvalue weighted by molar-refractivity contribution is 6.31. The molecule has 0 heterocycles. The van der Waals surface area contributed by atoms with Crippen LogP contribution in [0.2, 0.25) is 5.02 Å². The molecule has 0 saturated carbocycles. The summed E-state index contributed by atoms with van der Waals surface area (Å²) in [6.07, 6.45) is 4.09. The van der Waals surface area contributed by atoms with Gasteiger partial charge in [0.2, 0.25) is 0 Å². The molecule has 2 nitrogen and oxygen atoms in total. The van der Waals surface area contributed by atoms with Crippen molar-refractivity contribution in [3.63, 3.8) is 0 Å². The highest BCUT2D eigenvalue weighted by atomic mass is 35.5. The number of rotatable bonds is 8. The highest BCUT2D eigenvalue weighted by Crippen LogP contribution is 2.28. The Balaban J connectivity index is 2.69. The molecule has 0 bridgehead atoms. The summed E-state index contributed by atoms with van der Waals surface area (Å²) in [5.74, 6) is 1.51. The summed E-state index contributed by atoms with van der Waals surface area (Å²) in [5, 5.41) is 0.817. The second kappa shape index (κ2) is 8.53. The zero-order valence-corrected chi connectivity index (χ0v) is 14.0. The number of ether oxygens (including phenoxy) is 1. The van der Waals surface area contributed by atoms with Crippen molar-refractivity contribution in [3.8, 4) is 5.75 Å². The molecule has 2 N–H and O–H groups in total. The molecule has 114 valence electrons. The first-order valence-corrected chi connectivity index (χ1v) is 8.00. The fourth-order valence-corrected chi connectivity index (χ4v) is 2.29. The molecule has 0 fully saturated rings. The molecule has 1 rings (SSSR count). The number of hydrogen-bond donors (Lipinski definition) is 1. The molecule has 0 aliphatic carbocycles. The first-order valence-electron chi connectivity index (χ1n) is 7.63. The van der Waals surface area contributed by atoms with Crippen LogP contribution >= 0.6 is 11.6 Å². The molecule has 1 unspecified atom stereocenters. The molecule has 1 aromatic rings. The number of hydrogen-bond acceptors (Lipinski definition) is 2. The van der Waals surface area contributed by atoms with Crippen molar-refractivity contribution < 1.29 is 4.74 Å². The normalized spacial score (nSPS) is 12.8. The van der Waals surface area contributed by atoms with Crippen molar-refractivity contribution in [3.05, 3.63) is 28.3 Å². The number of halogens is 1. The number of benzene rings is 1. The maximum atomic E-state index is 6.23. The van der Waals surface area contributed by atoms with Gasteiger partial charge in [0.25, 0.3) is 0 Å². The van der Waals surface area contributed by atoms with Crippen LogP contribution in [0.25, 0.3) is 0 Å². The average Bonchev–Trinajstić information content (AvgIpc) is 2.40. The van der Waals surface area contributed by atoms with Crippen molar-refractivity contribution in [2.75, 3.05) is 6.61 Å². The van der Waals surface area contributed by atoms with E-state index in [0.29, 0.717) is 5.92 Å². The molecular weight excluding hydrogens is 270 g/mol. The molecule has 1 atom stereocenters. The van der Waals surface area contributed by atoms with E-state index in [1.165, 1.54) is 5.56 Å². The van der Waals surface area contributed by atoms with E-state index in [1.54, 1.807) is 0 Å². The summed E-state index contributed by atoms with van der Waals surface area (Å²) in [4.78, 5) is 0. The second-order valence-corrected chi connectivity index (χ2v) is 6.26. The van der Waals surface area contributed by atoms with Crippen molar-refractivity contribution in [1.29, 1.82) is 0 Å². The molecule has 0 amide bonds. The van der Waals surface area contributed by atoms with Gasteiger partial charge in [-0.2, -0.15) is 0 Å². The van der Waals surface area contributed by atoms with Gasteiger partial charge in [-0.3, -0.25) is 0 Å². The van der Waals surface area contributed by atoms with Gasteiger partial charge in [0.05, 0.1) is 6.61 Å². The SMILES string of the molecule is CCCOc1cc(C)c(Cl)cc1CCCC(N)C(C)C. The van der Waals surface area contributed by atoms with Gasteiger partial charge >= 0.3 is 0 Å². The Kier molecular flexibility index (Phi) is 7.39. The van der Waals surface area contributed by atoms with Gasteiger partial charge in [0, 0.05) is 11.1 Å². The van der Waals surface area contributed by atoms with Crippen LogP contribution in [-0.4, -0.2) is 12.6 Å². The molecule has 0 aromatic heterocycles. The average molecular weight is 298 g/mol. The maximum Gasteiger partial charge on any atom is 0.122 e. The Morgan fingerprint density at radius 3 is 2.60 bits per heavy atom. The van der Waals surface area contributed by atoms with Crippen LogP contribution in [0.3, 0.4) is 0 Å². The van der Waals surface area contributed by atoms with Crippen LogP contribution in [-0.2, 0) is 6.42 Å². The van der Waals surface area contributed by atoms with Crippen LogP contribution in [0, 0.1) is 12.8 Å². The predicted molar refractivity (Wildman–Crippen MR) is 87.7 cm³/mol. The van der Waals surface area contributed by atoms with Gasteiger partial charge in [-0.1, -0.05) is 32.4 Å². The van der Waals surface area contributed by atoms with Crippen LogP contribution in [0.4, 0.5) is 0 Å². The minimum atomic E-state index is 0.274. The third kappa shape index (κ3) is 5.34. The third-order valence-electron chi connectivity index (χ3n) is 3.64. The Morgan fingerprint density at radius 2 is 2.00 bits per heavy atom. The molecule has 0 aliphatic heterocycles. The predicted octanol–water partition coefficient (Wildman–Crippen LogP) is 4.74. The van der Waals surface area contributed by atoms with E-state index < -0.39 is 0 Å². The zero-order valence-electron chi connectivity index (χ0n) is 13.2. The van der Waals surface area contributed by atoms with Crippen molar-refractivity contribution in [2.45, 2.75) is 59.4 Å². The molecule has 0 saturated heterocycles. The van der Waals surface area contributed by atoms with E-state index in [9.17, 15) is 0 Å². The first kappa shape index (κ1) is 17.3. The zero-order chi connectivity index (χ0) is 15.1. The maximum absolute atomic E-state index is 6.23. The van der Waals surface area contributed by atoms with Crippen LogP contribution in [0.15, 0.2) is 12.1 Å². The van der Waals surface area contributed by atoms with Gasteiger partial charge in [-0.15, -0.1) is 0 Å². The van der Waals surface area contributed by atoms with E-state index in [-0.39, 0.29) is 6.04 Å². The molecule has 0 radical (unpaired) electrons. The quantitative estimate of drug-likeness (QED) is 0.752. The lowest BCUT2D eigenvalue weighted by molar-refractivity contribution is 0.313. The number of aryl methyl sites for hydroxylation is 2. The van der Waals surface area contributed by atoms with Crippen molar-refractivity contribution in [2.24, 2.45) is 11.7 Å². The monoisotopic (exact) mass is 297 g/mol. The minimum absolute atomic E-state index is 0.274. The highest BCUT2D eigenvalue weighted by Gasteiger charge is 2.10. The third-order valence-corrected chi connectivity index (χ3v) is 4.05. The van der Waals surface area contributed by atoms with Gasteiger partial charge in [-0.25, -0.2) is 0 Å². The molecule has 0 spiro atoms. The van der Waals surface area contributed by atoms with E-state index >= 15 is 0 Å². The van der Waals surface area contributed by atoms with Crippen molar-refractivity contribution in [1.82, 2.24) is 0 Å². The van der Waals surface area contributed by atoms with Crippen LogP contribution < -0.4 is 10.5 Å².